The highest BCUT2D eigenvalue weighted by molar-refractivity contribution is 5.54. The fourth-order valence-electron chi connectivity index (χ4n) is 2.95. The summed E-state index contributed by atoms with van der Waals surface area (Å²) < 4.78 is 11.2. The van der Waals surface area contributed by atoms with Gasteiger partial charge in [0.15, 0.2) is 0 Å². The van der Waals surface area contributed by atoms with E-state index in [-0.39, 0.29) is 6.10 Å². The molecule has 0 aliphatic carbocycles. The van der Waals surface area contributed by atoms with Crippen LogP contribution in [-0.4, -0.2) is 18.3 Å². The monoisotopic (exact) mass is 284 g/mol. The van der Waals surface area contributed by atoms with Crippen LogP contribution in [0.25, 0.3) is 0 Å². The van der Waals surface area contributed by atoms with E-state index >= 15 is 0 Å². The van der Waals surface area contributed by atoms with Gasteiger partial charge in [0, 0.05) is 18.4 Å². The molecular weight excluding hydrogens is 264 g/mol. The van der Waals surface area contributed by atoms with Crippen molar-refractivity contribution in [1.82, 2.24) is 0 Å². The molecule has 110 valence electrons. The molecule has 1 aliphatic rings. The van der Waals surface area contributed by atoms with Gasteiger partial charge in [-0.2, -0.15) is 0 Å². The summed E-state index contributed by atoms with van der Waals surface area (Å²) in [6.07, 6.45) is 1.88. The Morgan fingerprint density at radius 2 is 1.95 bits per heavy atom. The summed E-state index contributed by atoms with van der Waals surface area (Å²) in [5.41, 5.74) is 4.19. The van der Waals surface area contributed by atoms with Gasteiger partial charge in [0.1, 0.15) is 23.4 Å². The fourth-order valence-corrected chi connectivity index (χ4v) is 2.95. The lowest BCUT2D eigenvalue weighted by Crippen LogP contribution is -2.16. The highest BCUT2D eigenvalue weighted by Crippen LogP contribution is 2.39. The van der Waals surface area contributed by atoms with Crippen LogP contribution in [0.3, 0.4) is 0 Å². The van der Waals surface area contributed by atoms with Crippen LogP contribution in [0.1, 0.15) is 22.3 Å². The van der Waals surface area contributed by atoms with Crippen molar-refractivity contribution in [1.29, 1.82) is 0 Å². The van der Waals surface area contributed by atoms with Crippen LogP contribution in [-0.2, 0) is 12.8 Å². The van der Waals surface area contributed by atoms with Crippen LogP contribution >= 0.6 is 0 Å². The van der Waals surface area contributed by atoms with E-state index in [0.29, 0.717) is 5.75 Å². The predicted molar refractivity (Wildman–Crippen MR) is 82.4 cm³/mol. The fraction of sp³-hybridized carbons (Fsp3) is 0.333. The third-order valence-electron chi connectivity index (χ3n) is 4.11. The first-order valence-corrected chi connectivity index (χ1v) is 7.20. The van der Waals surface area contributed by atoms with Crippen LogP contribution in [0.5, 0.6) is 17.2 Å². The molecule has 3 rings (SSSR count). The van der Waals surface area contributed by atoms with E-state index in [1.54, 1.807) is 7.11 Å². The molecule has 2 aromatic rings. The Hall–Kier alpha value is -2.16. The number of methoxy groups -OCH3 is 1. The number of hydrogen-bond acceptors (Lipinski definition) is 3. The summed E-state index contributed by atoms with van der Waals surface area (Å²) in [6, 6.07) is 10.1. The molecule has 21 heavy (non-hydrogen) atoms. The minimum atomic E-state index is 0.133. The highest BCUT2D eigenvalue weighted by atomic mass is 16.5. The predicted octanol–water partition coefficient (Wildman–Crippen LogP) is 3.56. The van der Waals surface area contributed by atoms with E-state index in [1.165, 1.54) is 11.1 Å². The molecule has 2 aromatic carbocycles. The van der Waals surface area contributed by atoms with Gasteiger partial charge in [-0.15, -0.1) is 0 Å². The topological polar surface area (TPSA) is 38.7 Å². The third kappa shape index (κ3) is 2.56. The minimum absolute atomic E-state index is 0.133. The number of phenolic OH excluding ortho intramolecular Hbond substituents is 1. The number of benzene rings is 2. The first kappa shape index (κ1) is 13.8. The first-order valence-electron chi connectivity index (χ1n) is 7.20. The number of ether oxygens (including phenoxy) is 2. The Morgan fingerprint density at radius 3 is 2.62 bits per heavy atom. The maximum atomic E-state index is 10.0. The molecule has 1 atom stereocenters. The van der Waals surface area contributed by atoms with Gasteiger partial charge in [-0.3, -0.25) is 0 Å². The lowest BCUT2D eigenvalue weighted by Gasteiger charge is -2.12. The van der Waals surface area contributed by atoms with Gasteiger partial charge in [0.25, 0.3) is 0 Å². The van der Waals surface area contributed by atoms with E-state index in [9.17, 15) is 5.11 Å². The molecule has 0 amide bonds. The number of aromatic hydroxyl groups is 1. The van der Waals surface area contributed by atoms with Crippen LogP contribution in [0, 0.1) is 13.8 Å². The van der Waals surface area contributed by atoms with Crippen molar-refractivity contribution in [2.24, 2.45) is 0 Å². The normalized spacial score (nSPS) is 16.4. The average Bonchev–Trinajstić information content (AvgIpc) is 2.88. The standard InChI is InChI=1S/C18H20O3/c1-11-8-14-10-16(21-18(14)12(2)17(11)19)9-13-4-6-15(20-3)7-5-13/h4-8,16,19H,9-10H2,1-3H3/t16-/m1/s1. The van der Waals surface area contributed by atoms with Gasteiger partial charge in [-0.05, 0) is 48.7 Å². The quantitative estimate of drug-likeness (QED) is 0.936. The number of phenols is 1. The van der Waals surface area contributed by atoms with E-state index in [2.05, 4.69) is 12.1 Å². The van der Waals surface area contributed by atoms with E-state index < -0.39 is 0 Å². The van der Waals surface area contributed by atoms with Gasteiger partial charge in [-0.25, -0.2) is 0 Å². The molecule has 0 fully saturated rings. The van der Waals surface area contributed by atoms with E-state index in [1.807, 2.05) is 32.0 Å². The second kappa shape index (κ2) is 5.32. The summed E-state index contributed by atoms with van der Waals surface area (Å²) in [6.45, 7) is 3.84. The Bertz CT molecular complexity index is 659. The second-order valence-electron chi connectivity index (χ2n) is 5.65. The highest BCUT2D eigenvalue weighted by Gasteiger charge is 2.26. The van der Waals surface area contributed by atoms with Crippen molar-refractivity contribution in [3.63, 3.8) is 0 Å². The van der Waals surface area contributed by atoms with Crippen LogP contribution in [0.2, 0.25) is 0 Å². The lowest BCUT2D eigenvalue weighted by molar-refractivity contribution is 0.231. The van der Waals surface area contributed by atoms with Crippen molar-refractivity contribution in [3.8, 4) is 17.2 Å². The molecule has 0 saturated heterocycles. The van der Waals surface area contributed by atoms with Crippen molar-refractivity contribution in [2.75, 3.05) is 7.11 Å². The molecule has 1 N–H and O–H groups in total. The zero-order chi connectivity index (χ0) is 15.0. The smallest absolute Gasteiger partial charge is 0.129 e. The van der Waals surface area contributed by atoms with Gasteiger partial charge in [-0.1, -0.05) is 12.1 Å². The van der Waals surface area contributed by atoms with Gasteiger partial charge in [0.05, 0.1) is 7.11 Å². The summed E-state index contributed by atoms with van der Waals surface area (Å²) in [5, 5.41) is 10.0. The molecule has 3 heteroatoms. The van der Waals surface area contributed by atoms with Crippen molar-refractivity contribution < 1.29 is 14.6 Å². The summed E-state index contributed by atoms with van der Waals surface area (Å²) >= 11 is 0. The second-order valence-corrected chi connectivity index (χ2v) is 5.65. The molecule has 0 saturated carbocycles. The number of hydrogen-bond donors (Lipinski definition) is 1. The van der Waals surface area contributed by atoms with Crippen molar-refractivity contribution in [3.05, 3.63) is 52.6 Å². The van der Waals surface area contributed by atoms with Crippen LogP contribution < -0.4 is 9.47 Å². The molecule has 0 aromatic heterocycles. The third-order valence-corrected chi connectivity index (χ3v) is 4.11. The van der Waals surface area contributed by atoms with Crippen LogP contribution in [0.15, 0.2) is 30.3 Å². The molecule has 0 spiro atoms. The maximum absolute atomic E-state index is 10.0. The number of rotatable bonds is 3. The lowest BCUT2D eigenvalue weighted by atomic mass is 10.00. The minimum Gasteiger partial charge on any atom is -0.507 e. The molecule has 0 bridgehead atoms. The molecule has 1 aliphatic heterocycles. The molecule has 1 heterocycles. The SMILES string of the molecule is COc1ccc(C[C@@H]2Cc3cc(C)c(O)c(C)c3O2)cc1. The summed E-state index contributed by atoms with van der Waals surface area (Å²) in [4.78, 5) is 0. The zero-order valence-corrected chi connectivity index (χ0v) is 12.6. The molecular formula is C18H20O3. The van der Waals surface area contributed by atoms with Crippen molar-refractivity contribution in [2.45, 2.75) is 32.8 Å². The van der Waals surface area contributed by atoms with Gasteiger partial charge >= 0.3 is 0 Å². The Morgan fingerprint density at radius 1 is 1.24 bits per heavy atom. The summed E-state index contributed by atoms with van der Waals surface area (Å²) in [7, 11) is 1.67. The largest absolute Gasteiger partial charge is 0.507 e. The maximum Gasteiger partial charge on any atom is 0.129 e. The molecule has 0 unspecified atom stereocenters. The number of fused-ring (bicyclic) bond motifs is 1. The number of aryl methyl sites for hydroxylation is 1. The Labute approximate surface area is 125 Å². The van der Waals surface area contributed by atoms with Gasteiger partial charge in [0.2, 0.25) is 0 Å². The van der Waals surface area contributed by atoms with Gasteiger partial charge < -0.3 is 14.6 Å². The molecule has 3 nitrogen and oxygen atoms in total. The van der Waals surface area contributed by atoms with Crippen molar-refractivity contribution >= 4 is 0 Å². The van der Waals surface area contributed by atoms with E-state index in [4.69, 9.17) is 9.47 Å². The summed E-state index contributed by atoms with van der Waals surface area (Å²) in [5.74, 6) is 2.07. The Balaban J connectivity index is 1.77. The van der Waals surface area contributed by atoms with Crippen LogP contribution in [0.4, 0.5) is 0 Å². The Kier molecular flexibility index (Phi) is 3.50. The molecule has 0 radical (unpaired) electrons. The zero-order valence-electron chi connectivity index (χ0n) is 12.6. The average molecular weight is 284 g/mol. The van der Waals surface area contributed by atoms with E-state index in [0.717, 1.165) is 35.5 Å². The first-order chi connectivity index (χ1) is 10.1.